The zero-order chi connectivity index (χ0) is 49.3. The van der Waals surface area contributed by atoms with Crippen LogP contribution < -0.4 is 0 Å². The summed E-state index contributed by atoms with van der Waals surface area (Å²) in [5.41, 5.74) is 1.37. The number of carbonyl (C=O) groups excluding carboxylic acids is 5. The lowest BCUT2D eigenvalue weighted by Gasteiger charge is -2.42. The number of nitrogens with zero attached hydrogens (tertiary/aromatic N) is 1. The lowest BCUT2D eigenvalue weighted by atomic mass is 9.80. The monoisotopic (exact) mass is 928 g/mol. The second kappa shape index (κ2) is 27.4. The number of ketones is 3. The molecule has 3 N–H and O–H groups in total. The normalized spacial score (nSPS) is 29.0. The number of esters is 1. The van der Waals surface area contributed by atoms with Crippen LogP contribution in [0.2, 0.25) is 0 Å². The van der Waals surface area contributed by atoms with E-state index in [0.717, 1.165) is 24.8 Å². The van der Waals surface area contributed by atoms with E-state index in [1.807, 2.05) is 57.2 Å². The Bertz CT molecular complexity index is 1770. The van der Waals surface area contributed by atoms with Crippen molar-refractivity contribution in [3.05, 3.63) is 59.8 Å². The SMILES string of the molecule is COC(=O)[C@@H]1CCCCN1C(=O)C(=O)[C@]1(O)O[C@H](C[C@H](OC)/C(C)=C/C=C/C=C/[C@@H](C)C[C@@H](C)C(=O)[C@H](OC)[C@H](O)/C(C)=C/[C@@H](C)C(=O)/C=C/[C@H](C)C[C@@H]2CC[C@@H](O)[C@H](OC)C2)CC[C@H]1C. The molecule has 14 heteroatoms. The van der Waals surface area contributed by atoms with E-state index in [1.54, 1.807) is 47.1 Å². The molecule has 2 saturated heterocycles. The molecule has 14 nitrogen and oxygen atoms in total. The quantitative estimate of drug-likeness (QED) is 0.0309. The molecule has 3 fully saturated rings. The zero-order valence-corrected chi connectivity index (χ0v) is 41.5. The Kier molecular flexibility index (Phi) is 23.5. The van der Waals surface area contributed by atoms with Crippen LogP contribution in [0, 0.1) is 35.5 Å². The van der Waals surface area contributed by atoms with Crippen LogP contribution in [0.4, 0.5) is 0 Å². The highest BCUT2D eigenvalue weighted by molar-refractivity contribution is 6.39. The van der Waals surface area contributed by atoms with Crippen molar-refractivity contribution in [2.45, 2.75) is 168 Å². The van der Waals surface area contributed by atoms with Gasteiger partial charge in [0.2, 0.25) is 5.79 Å². The van der Waals surface area contributed by atoms with E-state index in [0.29, 0.717) is 62.9 Å². The van der Waals surface area contributed by atoms with Gasteiger partial charge < -0.3 is 43.9 Å². The first kappa shape index (κ1) is 56.7. The Morgan fingerprint density at radius 1 is 0.848 bits per heavy atom. The summed E-state index contributed by atoms with van der Waals surface area (Å²) >= 11 is 0. The third-order valence-corrected chi connectivity index (χ3v) is 13.9. The van der Waals surface area contributed by atoms with Crippen LogP contribution in [-0.2, 0) is 47.7 Å². The van der Waals surface area contributed by atoms with Gasteiger partial charge in [0.1, 0.15) is 18.2 Å². The zero-order valence-electron chi connectivity index (χ0n) is 41.5. The number of likely N-dealkylation sites (tertiary alicyclic amines) is 1. The summed E-state index contributed by atoms with van der Waals surface area (Å²) < 4.78 is 27.6. The number of Topliss-reactive ketones (excluding diaryl/α,β-unsaturated/α-hetero) is 2. The Morgan fingerprint density at radius 3 is 2.21 bits per heavy atom. The second-order valence-corrected chi connectivity index (χ2v) is 19.2. The van der Waals surface area contributed by atoms with Gasteiger partial charge in [-0.25, -0.2) is 4.79 Å². The molecule has 2 aliphatic heterocycles. The molecule has 0 radical (unpaired) electrons. The Balaban J connectivity index is 1.51. The van der Waals surface area contributed by atoms with Gasteiger partial charge in [-0.2, -0.15) is 0 Å². The van der Waals surface area contributed by atoms with Crippen LogP contribution in [0.15, 0.2) is 59.8 Å². The van der Waals surface area contributed by atoms with Crippen molar-refractivity contribution in [3.63, 3.8) is 0 Å². The maximum absolute atomic E-state index is 13.6. The molecule has 0 bridgehead atoms. The molecule has 0 aromatic heterocycles. The Hall–Kier alpha value is -3.63. The van der Waals surface area contributed by atoms with E-state index in [9.17, 15) is 39.3 Å². The van der Waals surface area contributed by atoms with E-state index in [4.69, 9.17) is 23.7 Å². The van der Waals surface area contributed by atoms with Crippen molar-refractivity contribution < 1.29 is 63.0 Å². The molecular weight excluding hydrogens is 847 g/mol. The van der Waals surface area contributed by atoms with Gasteiger partial charge >= 0.3 is 5.97 Å². The van der Waals surface area contributed by atoms with Gasteiger partial charge in [0.25, 0.3) is 11.7 Å². The third-order valence-electron chi connectivity index (χ3n) is 13.9. The van der Waals surface area contributed by atoms with Crippen LogP contribution in [0.1, 0.15) is 119 Å². The molecule has 0 aromatic carbocycles. The molecule has 3 rings (SSSR count). The average molecular weight is 928 g/mol. The molecule has 2 heterocycles. The highest BCUT2D eigenvalue weighted by Crippen LogP contribution is 2.37. The minimum Gasteiger partial charge on any atom is -0.467 e. The van der Waals surface area contributed by atoms with Crippen LogP contribution in [0.5, 0.6) is 0 Å². The van der Waals surface area contributed by atoms with Crippen molar-refractivity contribution >= 4 is 29.2 Å². The largest absolute Gasteiger partial charge is 0.467 e. The van der Waals surface area contributed by atoms with E-state index >= 15 is 0 Å². The van der Waals surface area contributed by atoms with E-state index in [-0.39, 0.29) is 36.1 Å². The summed E-state index contributed by atoms with van der Waals surface area (Å²) in [5, 5.41) is 32.9. The first-order chi connectivity index (χ1) is 31.2. The molecule has 1 saturated carbocycles. The number of rotatable bonds is 24. The molecule has 1 aliphatic carbocycles. The summed E-state index contributed by atoms with van der Waals surface area (Å²) in [4.78, 5) is 67.1. The molecule has 1 amide bonds. The Labute approximate surface area is 393 Å². The van der Waals surface area contributed by atoms with Gasteiger partial charge in [0.15, 0.2) is 11.6 Å². The average Bonchev–Trinajstić information content (AvgIpc) is 3.30. The van der Waals surface area contributed by atoms with Crippen molar-refractivity contribution in [1.82, 2.24) is 4.90 Å². The van der Waals surface area contributed by atoms with Crippen molar-refractivity contribution in [2.24, 2.45) is 35.5 Å². The molecule has 0 aromatic rings. The first-order valence-electron chi connectivity index (χ1n) is 24.0. The lowest BCUT2D eigenvalue weighted by molar-refractivity contribution is -0.265. The van der Waals surface area contributed by atoms with Crippen LogP contribution in [0.25, 0.3) is 0 Å². The first-order valence-corrected chi connectivity index (χ1v) is 24.0. The molecule has 0 unspecified atom stereocenters. The number of aliphatic hydroxyl groups excluding tert-OH is 2. The number of hydrogen-bond acceptors (Lipinski definition) is 13. The molecule has 14 atom stereocenters. The van der Waals surface area contributed by atoms with Gasteiger partial charge in [-0.1, -0.05) is 77.2 Å². The molecule has 66 heavy (non-hydrogen) atoms. The number of ether oxygens (including phenoxy) is 5. The van der Waals surface area contributed by atoms with Crippen LogP contribution >= 0.6 is 0 Å². The van der Waals surface area contributed by atoms with Crippen molar-refractivity contribution in [3.8, 4) is 0 Å². The molecular formula is C52H81NO13. The number of amides is 1. The summed E-state index contributed by atoms with van der Waals surface area (Å²) in [6.45, 7) is 13.2. The van der Waals surface area contributed by atoms with Gasteiger partial charge in [0.05, 0.1) is 31.5 Å². The van der Waals surface area contributed by atoms with Gasteiger partial charge in [-0.05, 0) is 113 Å². The minimum atomic E-state index is -2.34. The van der Waals surface area contributed by atoms with Gasteiger partial charge in [0, 0.05) is 52.0 Å². The number of hydrogen-bond donors (Lipinski definition) is 3. The highest BCUT2D eigenvalue weighted by Gasteiger charge is 2.53. The van der Waals surface area contributed by atoms with Crippen LogP contribution in [-0.4, -0.2) is 133 Å². The van der Waals surface area contributed by atoms with Crippen LogP contribution in [0.3, 0.4) is 0 Å². The molecule has 3 aliphatic rings. The molecule has 372 valence electrons. The predicted molar refractivity (Wildman–Crippen MR) is 252 cm³/mol. The predicted octanol–water partition coefficient (Wildman–Crippen LogP) is 6.59. The van der Waals surface area contributed by atoms with Gasteiger partial charge in [-0.3, -0.25) is 19.2 Å². The third kappa shape index (κ3) is 16.0. The number of piperidine rings is 1. The summed E-state index contributed by atoms with van der Waals surface area (Å²) in [7, 11) is 5.84. The summed E-state index contributed by atoms with van der Waals surface area (Å²) in [5.74, 6) is -6.23. The fourth-order valence-corrected chi connectivity index (χ4v) is 9.61. The van der Waals surface area contributed by atoms with E-state index in [1.165, 1.54) is 19.1 Å². The van der Waals surface area contributed by atoms with Gasteiger partial charge in [-0.15, -0.1) is 0 Å². The topological polar surface area (TPSA) is 195 Å². The molecule has 0 spiro atoms. The van der Waals surface area contributed by atoms with Crippen molar-refractivity contribution in [2.75, 3.05) is 35.0 Å². The maximum atomic E-state index is 13.6. The highest BCUT2D eigenvalue weighted by atomic mass is 16.6. The Morgan fingerprint density at radius 2 is 1.56 bits per heavy atom. The van der Waals surface area contributed by atoms with Crippen molar-refractivity contribution in [1.29, 1.82) is 0 Å². The fourth-order valence-electron chi connectivity index (χ4n) is 9.61. The number of carbonyl (C=O) groups is 5. The summed E-state index contributed by atoms with van der Waals surface area (Å²) in [6.07, 6.45) is 17.8. The lowest BCUT2D eigenvalue weighted by Crippen LogP contribution is -2.60. The standard InChI is InChI=1S/C52H81NO13/c1-32(27-36(5)46(56)48(64-10)47(57)37(6)29-35(4)42(54)24-20-33(2)28-39-22-25-43(55)45(30-39)63-9)17-13-12-14-18-34(3)44(62-8)31-40-23-21-38(7)52(61,66-40)49(58)50(59)53-26-16-15-19-41(53)51(60)65-11/h12-14,17-18,20,24,29,32-33,35-36,38-41,43-45,47-48,55,57,61H,15-16,19,21-23,25-28,30-31H2,1-11H3/b14-12+,17-13+,24-20+,34-18+,37-29+/t32-,33+,35-,36-,38-,39+,40+,41+,43-,44+,45-,47-,48+,52-/m1/s1. The number of methoxy groups -OCH3 is 4. The summed E-state index contributed by atoms with van der Waals surface area (Å²) in [6, 6.07) is -0.881. The number of aliphatic hydroxyl groups is 3. The maximum Gasteiger partial charge on any atom is 0.328 e. The minimum absolute atomic E-state index is 0.0232. The van der Waals surface area contributed by atoms with E-state index in [2.05, 4.69) is 6.92 Å². The number of allylic oxidation sites excluding steroid dienone is 8. The fraction of sp³-hybridized carbons (Fsp3) is 0.712. The second-order valence-electron chi connectivity index (χ2n) is 19.2. The smallest absolute Gasteiger partial charge is 0.328 e. The van der Waals surface area contributed by atoms with E-state index < -0.39 is 77.8 Å².